The zero-order valence-electron chi connectivity index (χ0n) is 10.3. The maximum absolute atomic E-state index is 5.86. The topological polar surface area (TPSA) is 35.3 Å². The smallest absolute Gasteiger partial charge is 0.181 e. The van der Waals surface area contributed by atoms with Gasteiger partial charge in [0.2, 0.25) is 0 Å². The molecule has 0 aliphatic rings. The second-order valence-electron chi connectivity index (χ2n) is 4.14. The van der Waals surface area contributed by atoms with Gasteiger partial charge in [-0.1, -0.05) is 42.5 Å². The van der Waals surface area contributed by atoms with Crippen molar-refractivity contribution in [1.29, 1.82) is 0 Å². The zero-order chi connectivity index (χ0) is 12.9. The summed E-state index contributed by atoms with van der Waals surface area (Å²) in [6.07, 6.45) is 3.11. The Labute approximate surface area is 111 Å². The molecule has 19 heavy (non-hydrogen) atoms. The Morgan fingerprint density at radius 2 is 1.74 bits per heavy atom. The van der Waals surface area contributed by atoms with E-state index in [2.05, 4.69) is 4.98 Å². The molecule has 0 saturated carbocycles. The van der Waals surface area contributed by atoms with Crippen LogP contribution in [0, 0.1) is 0 Å². The molecule has 0 saturated heterocycles. The van der Waals surface area contributed by atoms with Gasteiger partial charge in [-0.15, -0.1) is 0 Å². The molecule has 1 heterocycles. The third-order valence-electron chi connectivity index (χ3n) is 2.82. The van der Waals surface area contributed by atoms with Crippen LogP contribution >= 0.6 is 0 Å². The summed E-state index contributed by atoms with van der Waals surface area (Å²) in [5, 5.41) is 0. The molecule has 3 rings (SSSR count). The molecule has 3 nitrogen and oxygen atoms in total. The fourth-order valence-corrected chi connectivity index (χ4v) is 1.88. The van der Waals surface area contributed by atoms with Crippen LogP contribution in [0.2, 0.25) is 0 Å². The summed E-state index contributed by atoms with van der Waals surface area (Å²) < 4.78 is 11.2. The molecular weight excluding hydrogens is 238 g/mol. The van der Waals surface area contributed by atoms with Gasteiger partial charge in [-0.2, -0.15) is 0 Å². The number of hydrogen-bond donors (Lipinski definition) is 0. The first-order valence-corrected chi connectivity index (χ1v) is 6.08. The monoisotopic (exact) mass is 251 g/mol. The van der Waals surface area contributed by atoms with E-state index in [9.17, 15) is 0 Å². The Balaban J connectivity index is 1.82. The maximum atomic E-state index is 5.86. The average molecular weight is 251 g/mol. The van der Waals surface area contributed by atoms with Crippen LogP contribution in [0.4, 0.5) is 0 Å². The summed E-state index contributed by atoms with van der Waals surface area (Å²) in [6, 6.07) is 17.9. The second kappa shape index (κ2) is 5.40. The number of nitrogens with zero attached hydrogens (tertiary/aromatic N) is 1. The number of benzene rings is 2. The fraction of sp³-hybridized carbons (Fsp3) is 0.0625. The van der Waals surface area contributed by atoms with Crippen molar-refractivity contribution in [2.45, 2.75) is 6.61 Å². The van der Waals surface area contributed by atoms with Crippen LogP contribution < -0.4 is 4.74 Å². The third kappa shape index (κ3) is 2.65. The predicted octanol–water partition coefficient (Wildman–Crippen LogP) is 3.92. The molecule has 3 aromatic rings. The van der Waals surface area contributed by atoms with Crippen LogP contribution in [0.25, 0.3) is 11.3 Å². The minimum absolute atomic E-state index is 0.534. The molecule has 0 spiro atoms. The van der Waals surface area contributed by atoms with Gasteiger partial charge in [0.15, 0.2) is 12.2 Å². The van der Waals surface area contributed by atoms with E-state index in [-0.39, 0.29) is 0 Å². The molecule has 0 radical (unpaired) electrons. The second-order valence-corrected chi connectivity index (χ2v) is 4.14. The van der Waals surface area contributed by atoms with Crippen molar-refractivity contribution in [3.63, 3.8) is 0 Å². The van der Waals surface area contributed by atoms with E-state index in [0.29, 0.717) is 12.4 Å². The highest BCUT2D eigenvalue weighted by Crippen LogP contribution is 2.29. The molecule has 0 unspecified atom stereocenters. The standard InChI is InChI=1S/C16H13NO2/c1-2-6-13(7-3-1)11-18-15-9-5-4-8-14(15)16-10-17-12-19-16/h1-10,12H,11H2. The van der Waals surface area contributed by atoms with Crippen molar-refractivity contribution in [2.24, 2.45) is 0 Å². The summed E-state index contributed by atoms with van der Waals surface area (Å²) >= 11 is 0. The number of ether oxygens (including phenoxy) is 1. The Morgan fingerprint density at radius 3 is 2.53 bits per heavy atom. The van der Waals surface area contributed by atoms with E-state index in [4.69, 9.17) is 9.15 Å². The fourth-order valence-electron chi connectivity index (χ4n) is 1.88. The molecule has 3 heteroatoms. The minimum atomic E-state index is 0.534. The molecule has 0 bridgehead atoms. The normalized spacial score (nSPS) is 10.3. The van der Waals surface area contributed by atoms with Crippen molar-refractivity contribution in [3.05, 3.63) is 72.8 Å². The quantitative estimate of drug-likeness (QED) is 0.705. The molecule has 2 aromatic carbocycles. The summed E-state index contributed by atoms with van der Waals surface area (Å²) in [6.45, 7) is 0.534. The van der Waals surface area contributed by atoms with Crippen molar-refractivity contribution >= 4 is 0 Å². The van der Waals surface area contributed by atoms with Crippen LogP contribution in [0.5, 0.6) is 5.75 Å². The Hall–Kier alpha value is -2.55. The lowest BCUT2D eigenvalue weighted by Crippen LogP contribution is -1.96. The van der Waals surface area contributed by atoms with Crippen LogP contribution in [-0.2, 0) is 6.61 Å². The predicted molar refractivity (Wildman–Crippen MR) is 72.7 cm³/mol. The van der Waals surface area contributed by atoms with Gasteiger partial charge in [0.05, 0.1) is 11.8 Å². The van der Waals surface area contributed by atoms with Crippen molar-refractivity contribution in [3.8, 4) is 17.1 Å². The van der Waals surface area contributed by atoms with Crippen LogP contribution in [-0.4, -0.2) is 4.98 Å². The number of aromatic nitrogens is 1. The van der Waals surface area contributed by atoms with E-state index >= 15 is 0 Å². The average Bonchev–Trinajstić information content (AvgIpc) is 3.01. The van der Waals surface area contributed by atoms with Gasteiger partial charge in [-0.05, 0) is 17.7 Å². The minimum Gasteiger partial charge on any atom is -0.488 e. The third-order valence-corrected chi connectivity index (χ3v) is 2.82. The van der Waals surface area contributed by atoms with Gasteiger partial charge in [0.25, 0.3) is 0 Å². The van der Waals surface area contributed by atoms with E-state index in [1.807, 2.05) is 54.6 Å². The molecule has 1 aromatic heterocycles. The first-order valence-electron chi connectivity index (χ1n) is 6.08. The van der Waals surface area contributed by atoms with Gasteiger partial charge in [0, 0.05) is 0 Å². The summed E-state index contributed by atoms with van der Waals surface area (Å²) in [7, 11) is 0. The number of oxazole rings is 1. The van der Waals surface area contributed by atoms with Gasteiger partial charge in [-0.3, -0.25) is 0 Å². The highest BCUT2D eigenvalue weighted by atomic mass is 16.5. The SMILES string of the molecule is c1ccc(COc2ccccc2-c2cnco2)cc1. The Morgan fingerprint density at radius 1 is 0.947 bits per heavy atom. The van der Waals surface area contributed by atoms with E-state index < -0.39 is 0 Å². The van der Waals surface area contributed by atoms with E-state index in [0.717, 1.165) is 16.9 Å². The van der Waals surface area contributed by atoms with Crippen molar-refractivity contribution in [2.75, 3.05) is 0 Å². The first-order chi connectivity index (χ1) is 9.43. The molecule has 0 N–H and O–H groups in total. The maximum Gasteiger partial charge on any atom is 0.181 e. The number of hydrogen-bond acceptors (Lipinski definition) is 3. The zero-order valence-corrected chi connectivity index (χ0v) is 10.3. The molecule has 0 atom stereocenters. The van der Waals surface area contributed by atoms with Crippen LogP contribution in [0.1, 0.15) is 5.56 Å². The molecule has 0 aliphatic heterocycles. The highest BCUT2D eigenvalue weighted by molar-refractivity contribution is 5.64. The van der Waals surface area contributed by atoms with Gasteiger partial charge in [-0.25, -0.2) is 4.98 Å². The first kappa shape index (κ1) is 11.5. The molecule has 0 fully saturated rings. The molecule has 0 amide bonds. The summed E-state index contributed by atoms with van der Waals surface area (Å²) in [4.78, 5) is 3.94. The lowest BCUT2D eigenvalue weighted by atomic mass is 10.1. The van der Waals surface area contributed by atoms with Crippen LogP contribution in [0.3, 0.4) is 0 Å². The van der Waals surface area contributed by atoms with E-state index in [1.54, 1.807) is 6.20 Å². The van der Waals surface area contributed by atoms with Gasteiger partial charge in [0.1, 0.15) is 12.4 Å². The van der Waals surface area contributed by atoms with Crippen LogP contribution in [0.15, 0.2) is 71.6 Å². The number of rotatable bonds is 4. The summed E-state index contributed by atoms with van der Waals surface area (Å²) in [5.41, 5.74) is 2.05. The van der Waals surface area contributed by atoms with E-state index in [1.165, 1.54) is 6.39 Å². The summed E-state index contributed by atoms with van der Waals surface area (Å²) in [5.74, 6) is 1.51. The molecule has 0 aliphatic carbocycles. The van der Waals surface area contributed by atoms with Crippen molar-refractivity contribution in [1.82, 2.24) is 4.98 Å². The van der Waals surface area contributed by atoms with Crippen molar-refractivity contribution < 1.29 is 9.15 Å². The molecular formula is C16H13NO2. The molecule has 94 valence electrons. The van der Waals surface area contributed by atoms with Gasteiger partial charge >= 0.3 is 0 Å². The lowest BCUT2D eigenvalue weighted by Gasteiger charge is -2.09. The highest BCUT2D eigenvalue weighted by Gasteiger charge is 2.08. The Kier molecular flexibility index (Phi) is 3.28. The van der Waals surface area contributed by atoms with Gasteiger partial charge < -0.3 is 9.15 Å². The largest absolute Gasteiger partial charge is 0.488 e. The lowest BCUT2D eigenvalue weighted by molar-refractivity contribution is 0.307. The Bertz CT molecular complexity index is 633. The number of para-hydroxylation sites is 1.